The molecule has 40 heteroatoms. The van der Waals surface area contributed by atoms with Crippen LogP contribution < -0.4 is 18.9 Å². The predicted molar refractivity (Wildman–Crippen MR) is 488 cm³/mol. The molecule has 5 aromatic carbocycles. The second kappa shape index (κ2) is 52.3. The number of methoxy groups -OCH3 is 25. The monoisotopic (exact) mass is 1970 g/mol. The highest BCUT2D eigenvalue weighted by Crippen LogP contribution is 2.50. The van der Waals surface area contributed by atoms with Crippen molar-refractivity contribution >= 4 is 0 Å². The highest BCUT2D eigenvalue weighted by molar-refractivity contribution is 5.55. The van der Waals surface area contributed by atoms with Gasteiger partial charge in [0.15, 0.2) is 44.0 Å². The molecule has 0 saturated carbocycles. The van der Waals surface area contributed by atoms with Crippen molar-refractivity contribution in [3.63, 3.8) is 0 Å². The van der Waals surface area contributed by atoms with E-state index >= 15 is 0 Å². The molecule has 139 heavy (non-hydrogen) atoms. The smallest absolute Gasteiger partial charge is 0.187 e. The molecule has 0 amide bonds. The predicted octanol–water partition coefficient (Wildman–Crippen LogP) is 5.84. The zero-order chi connectivity index (χ0) is 99.4. The Balaban J connectivity index is 0.976. The summed E-state index contributed by atoms with van der Waals surface area (Å²) in [5.74, 6) is 2.39. The highest BCUT2D eigenvalue weighted by atomic mass is 16.8. The fourth-order valence-corrected chi connectivity index (χ4v) is 20.8. The van der Waals surface area contributed by atoms with Crippen LogP contribution in [0.1, 0.15) is 33.4 Å². The molecule has 5 aromatic rings. The van der Waals surface area contributed by atoms with Gasteiger partial charge in [0, 0.05) is 149 Å². The molecule has 26 rings (SSSR count). The zero-order valence-electron chi connectivity index (χ0n) is 84.0. The van der Waals surface area contributed by atoms with E-state index in [1.807, 2.05) is 115 Å². The van der Waals surface area contributed by atoms with E-state index in [2.05, 4.69) is 6.07 Å². The number of hydrogen-bond acceptors (Lipinski definition) is 40. The van der Waals surface area contributed by atoms with Crippen LogP contribution in [0.5, 0.6) is 23.0 Å². The lowest BCUT2D eigenvalue weighted by Crippen LogP contribution is -2.69. The van der Waals surface area contributed by atoms with Gasteiger partial charge in [0.1, 0.15) is 205 Å². The first-order valence-corrected chi connectivity index (χ1v) is 46.1. The Morgan fingerprint density at radius 2 is 0.360 bits per heavy atom. The summed E-state index contributed by atoms with van der Waals surface area (Å²) >= 11 is 0. The molecule has 0 N–H and O–H groups in total. The average molecular weight is 1970 g/mol. The molecular formula is C99H144O40. The largest absolute Gasteiger partial charge is 0.497 e. The van der Waals surface area contributed by atoms with Crippen LogP contribution in [-0.4, -0.2) is 439 Å². The minimum Gasteiger partial charge on any atom is -0.497 e. The van der Waals surface area contributed by atoms with E-state index in [0.717, 1.165) is 11.1 Å². The van der Waals surface area contributed by atoms with Crippen molar-refractivity contribution < 1.29 is 189 Å². The number of ether oxygens (including phenoxy) is 40. The van der Waals surface area contributed by atoms with Gasteiger partial charge in [-0.2, -0.15) is 0 Å². The Kier molecular flexibility index (Phi) is 41.4. The van der Waals surface area contributed by atoms with Crippen molar-refractivity contribution in [2.45, 2.75) is 226 Å². The fraction of sp³-hybridized carbons (Fsp3) is 0.697. The molecular weight excluding hydrogens is 1830 g/mol. The Bertz CT molecular complexity index is 4270. The lowest BCUT2D eigenvalue weighted by molar-refractivity contribution is -0.403. The molecule has 0 aliphatic carbocycles. The first kappa shape index (κ1) is 110. The quantitative estimate of drug-likeness (QED) is 0.0415. The van der Waals surface area contributed by atoms with Gasteiger partial charge in [0.05, 0.1) is 74.7 Å². The maximum atomic E-state index is 8.13. The summed E-state index contributed by atoms with van der Waals surface area (Å²) in [6.07, 6.45) is -40.3. The third-order valence-electron chi connectivity index (χ3n) is 27.4. The average Bonchev–Trinajstić information content (AvgIpc) is 0.771. The first-order chi connectivity index (χ1) is 67.8. The second-order valence-corrected chi connectivity index (χ2v) is 34.4. The van der Waals surface area contributed by atoms with Crippen LogP contribution >= 0.6 is 0 Å². The fourth-order valence-electron chi connectivity index (χ4n) is 20.8. The van der Waals surface area contributed by atoms with Crippen LogP contribution in [0.4, 0.5) is 0 Å². The molecule has 21 fully saturated rings. The normalized spacial score (nSPS) is 36.0. The third-order valence-corrected chi connectivity index (χ3v) is 27.4. The topological polar surface area (TPSA) is 369 Å². The second-order valence-electron chi connectivity index (χ2n) is 34.4. The van der Waals surface area contributed by atoms with Gasteiger partial charge < -0.3 is 189 Å². The summed E-state index contributed by atoms with van der Waals surface area (Å²) in [7, 11) is 38.3. The summed E-state index contributed by atoms with van der Waals surface area (Å²) in [6.45, 7) is -1.00. The molecule has 14 bridgehead atoms. The Labute approximate surface area is 813 Å². The van der Waals surface area contributed by atoms with E-state index in [4.69, 9.17) is 189 Å². The van der Waals surface area contributed by atoms with Crippen molar-refractivity contribution in [2.75, 3.05) is 224 Å². The van der Waals surface area contributed by atoms with E-state index in [1.165, 1.54) is 142 Å². The van der Waals surface area contributed by atoms with Gasteiger partial charge in [-0.05, 0) is 88.0 Å². The Morgan fingerprint density at radius 3 is 0.525 bits per heavy atom. The SMILES string of the molecule is COC[C@H]1O[C@@H]2O[C@H]3[C@H](OC)[C@@H](OC)[C@@H](O[C@H]4[C@H](OC)[C@@H](OC)[C@@H](O[C@H]5[C@H](OC)[C@@H](OC)[C@@H](O[C@H]6[C@H](OC)[C@@H](OC)[C@@H](O[C@H]7[C@H](OC)[C@@H](OC)[C@@H](O[C@H]8[C@H](OC)[C@@H](OC)[C@@H](O[C@H]1[C@H](OC)[C@H]2OC)O[C@@H]8COC)O[C@@H]7COC)O[C@@H]6COC)O[C@@H]5COC(c1ccc(OC)cc1)(c1ccc(OC)cc1)c1cccc(C(OC)(c2ccc(OC)cc2)c2ccc(OC)cc2)c1)O[C@@H]4COC)O[C@@H]3COC. The van der Waals surface area contributed by atoms with Gasteiger partial charge in [-0.15, -0.1) is 0 Å². The van der Waals surface area contributed by atoms with Gasteiger partial charge in [0.25, 0.3) is 0 Å². The van der Waals surface area contributed by atoms with Gasteiger partial charge in [0.2, 0.25) is 0 Å². The zero-order valence-corrected chi connectivity index (χ0v) is 84.0. The molecule has 0 radical (unpaired) electrons. The standard InChI is InChI=1S/C99H144O40/c1-100-46-63-70-77(110-11)85(118-19)92(127-63)135-72-65(48-102-3)129-94(87(120-21)79(72)112-13)137-74-67(50-104-5)131-96(89(122-23)81(74)114-15)139-76-69(52-125-99(55-33-41-61(108-9)42-34-55,56-35-43-62(109-10)44-36-56)58-28-26-27-57(45-58)98(124-25,53-29-37-59(106-7)38-30-53)54-31-39-60(107-8)40-32-54)132-97(90(123-24)83(76)116-17)138-75-68(51-105-6)130-95(88(121-22)82(75)115-16)136-73-66(49-103-4)128-93(86(119-20)80(73)113-14)134-71-64(47-101-2)126-91(133-70)84(117-18)78(71)111-12/h26-45,63-97H,46-52H2,1-25H3/t63-,64-,65-,66-,67-,68-,69-,70-,71-,72-,73-,74-,75-,76-,77+,78+,79+,80+,81+,82+,83+,84-,85-,86-,87-,88-,89-,90-,91-,92-,93-,94-,95-,96-,97-/m1/s1. The highest BCUT2D eigenvalue weighted by Gasteiger charge is 2.63. The van der Waals surface area contributed by atoms with Crippen LogP contribution in [0.25, 0.3) is 0 Å². The molecule has 780 valence electrons. The Hall–Kier alpha value is -6.14. The van der Waals surface area contributed by atoms with Gasteiger partial charge in [-0.3, -0.25) is 0 Å². The molecule has 0 unspecified atom stereocenters. The van der Waals surface area contributed by atoms with E-state index < -0.39 is 233 Å². The minimum absolute atomic E-state index is 0.0740. The molecule has 21 heterocycles. The molecule has 21 saturated heterocycles. The molecule has 0 aromatic heterocycles. The molecule has 40 nitrogen and oxygen atoms in total. The summed E-state index contributed by atoms with van der Waals surface area (Å²) in [5, 5.41) is 0. The lowest BCUT2D eigenvalue weighted by atomic mass is 9.75. The van der Waals surface area contributed by atoms with E-state index in [1.54, 1.807) is 35.5 Å². The van der Waals surface area contributed by atoms with Crippen molar-refractivity contribution in [2.24, 2.45) is 0 Å². The van der Waals surface area contributed by atoms with E-state index in [9.17, 15) is 0 Å². The van der Waals surface area contributed by atoms with Crippen molar-refractivity contribution in [1.29, 1.82) is 0 Å². The maximum Gasteiger partial charge on any atom is 0.187 e. The lowest BCUT2D eigenvalue weighted by Gasteiger charge is -2.52. The van der Waals surface area contributed by atoms with E-state index in [-0.39, 0.29) is 39.6 Å². The van der Waals surface area contributed by atoms with Crippen molar-refractivity contribution in [3.8, 4) is 23.0 Å². The third kappa shape index (κ3) is 23.0. The van der Waals surface area contributed by atoms with Crippen LogP contribution in [0.3, 0.4) is 0 Å². The van der Waals surface area contributed by atoms with Gasteiger partial charge in [-0.25, -0.2) is 0 Å². The number of benzene rings is 5. The van der Waals surface area contributed by atoms with Crippen molar-refractivity contribution in [3.05, 3.63) is 155 Å². The van der Waals surface area contributed by atoms with Crippen LogP contribution in [0.15, 0.2) is 121 Å². The van der Waals surface area contributed by atoms with E-state index in [0.29, 0.717) is 45.3 Å². The summed E-state index contributed by atoms with van der Waals surface area (Å²) in [5.41, 5.74) is 1.06. The molecule has 35 atom stereocenters. The summed E-state index contributed by atoms with van der Waals surface area (Å²) in [4.78, 5) is 0. The molecule has 0 spiro atoms. The van der Waals surface area contributed by atoms with Crippen LogP contribution in [0.2, 0.25) is 0 Å². The van der Waals surface area contributed by atoms with Crippen molar-refractivity contribution in [1.82, 2.24) is 0 Å². The Morgan fingerprint density at radius 1 is 0.187 bits per heavy atom. The maximum absolute atomic E-state index is 8.13. The summed E-state index contributed by atoms with van der Waals surface area (Å²) < 4.78 is 267. The van der Waals surface area contributed by atoms with Gasteiger partial charge >= 0.3 is 0 Å². The number of rotatable bonds is 40. The van der Waals surface area contributed by atoms with Crippen LogP contribution in [0, 0.1) is 0 Å². The van der Waals surface area contributed by atoms with Crippen LogP contribution in [-0.2, 0) is 182 Å². The first-order valence-electron chi connectivity index (χ1n) is 46.1. The minimum atomic E-state index is -1.68. The molecule has 21 aliphatic rings. The summed E-state index contributed by atoms with van der Waals surface area (Å²) in [6, 6.07) is 38.7. The number of hydrogen-bond donors (Lipinski definition) is 0. The van der Waals surface area contributed by atoms with Gasteiger partial charge in [-0.1, -0.05) is 66.7 Å². The molecule has 21 aliphatic heterocycles.